The van der Waals surface area contributed by atoms with Crippen LogP contribution in [0.4, 0.5) is 0 Å². The van der Waals surface area contributed by atoms with Gasteiger partial charge in [-0.15, -0.1) is 0 Å². The van der Waals surface area contributed by atoms with Gasteiger partial charge in [0.2, 0.25) is 0 Å². The maximum atomic E-state index is 8.91. The molecule has 0 aromatic rings. The number of hydrogen-bond donors (Lipinski definition) is 2. The van der Waals surface area contributed by atoms with Crippen LogP contribution < -0.4 is 5.73 Å². The topological polar surface area (TPSA) is 49.5 Å². The van der Waals surface area contributed by atoms with Gasteiger partial charge in [0.15, 0.2) is 0 Å². The van der Waals surface area contributed by atoms with Crippen LogP contribution in [0.3, 0.4) is 0 Å². The summed E-state index contributed by atoms with van der Waals surface area (Å²) in [5.74, 6) is 1.64. The third kappa shape index (κ3) is 4.23. The summed E-state index contributed by atoms with van der Waals surface area (Å²) in [6.45, 7) is 3.90. The summed E-state index contributed by atoms with van der Waals surface area (Å²) >= 11 is 0. The number of rotatable bonds is 5. The lowest BCUT2D eigenvalue weighted by Gasteiger charge is -2.37. The second kappa shape index (κ2) is 6.72. The van der Waals surface area contributed by atoms with Crippen LogP contribution >= 0.6 is 0 Å². The van der Waals surface area contributed by atoms with Gasteiger partial charge in [0, 0.05) is 32.3 Å². The van der Waals surface area contributed by atoms with E-state index in [-0.39, 0.29) is 0 Å². The van der Waals surface area contributed by atoms with E-state index in [4.69, 9.17) is 10.8 Å². The van der Waals surface area contributed by atoms with Gasteiger partial charge in [0.05, 0.1) is 0 Å². The molecule has 1 heterocycles. The highest BCUT2D eigenvalue weighted by molar-refractivity contribution is 4.83. The van der Waals surface area contributed by atoms with Gasteiger partial charge in [-0.05, 0) is 43.9 Å². The minimum atomic E-state index is 0.328. The average Bonchev–Trinajstić information content (AvgIpc) is 2.78. The molecule has 0 spiro atoms. The minimum Gasteiger partial charge on any atom is -0.396 e. The number of likely N-dealkylation sites (tertiary alicyclic amines) is 1. The molecule has 1 saturated carbocycles. The molecule has 3 nitrogen and oxygen atoms in total. The Hall–Kier alpha value is -0.120. The van der Waals surface area contributed by atoms with E-state index in [1.807, 2.05) is 0 Å². The maximum Gasteiger partial charge on any atom is 0.0431 e. The van der Waals surface area contributed by atoms with Gasteiger partial charge in [-0.2, -0.15) is 0 Å². The van der Waals surface area contributed by atoms with E-state index < -0.39 is 0 Å². The van der Waals surface area contributed by atoms with E-state index in [1.54, 1.807) is 0 Å². The Labute approximate surface area is 105 Å². The Bertz CT molecular complexity index is 216. The smallest absolute Gasteiger partial charge is 0.0431 e. The van der Waals surface area contributed by atoms with Crippen LogP contribution in [0.1, 0.15) is 44.9 Å². The number of nitrogens with two attached hydrogens (primary N) is 1. The van der Waals surface area contributed by atoms with Gasteiger partial charge < -0.3 is 15.7 Å². The van der Waals surface area contributed by atoms with E-state index >= 15 is 0 Å². The molecule has 2 unspecified atom stereocenters. The lowest BCUT2D eigenvalue weighted by atomic mass is 9.90. The molecule has 2 rings (SSSR count). The highest BCUT2D eigenvalue weighted by Crippen LogP contribution is 2.28. The Morgan fingerprint density at radius 1 is 1.12 bits per heavy atom. The summed E-state index contributed by atoms with van der Waals surface area (Å²) in [4.78, 5) is 2.59. The van der Waals surface area contributed by atoms with Crippen LogP contribution in [0.25, 0.3) is 0 Å². The van der Waals surface area contributed by atoms with Crippen molar-refractivity contribution in [2.75, 3.05) is 26.2 Å². The molecule has 0 aromatic heterocycles. The standard InChI is InChI=1S/C14H28N2O/c15-14-8-13(6-3-7-17)10-16(11-14)9-12-4-1-2-5-12/h12-14,17H,1-11,15H2. The summed E-state index contributed by atoms with van der Waals surface area (Å²) in [5.41, 5.74) is 6.16. The minimum absolute atomic E-state index is 0.328. The predicted octanol–water partition coefficient (Wildman–Crippen LogP) is 1.60. The van der Waals surface area contributed by atoms with Crippen LogP contribution in [0.5, 0.6) is 0 Å². The van der Waals surface area contributed by atoms with Gasteiger partial charge in [0.25, 0.3) is 0 Å². The first kappa shape index (κ1) is 13.3. The first-order chi connectivity index (χ1) is 8.28. The fourth-order valence-electron chi connectivity index (χ4n) is 3.64. The van der Waals surface area contributed by atoms with Crippen molar-refractivity contribution in [1.82, 2.24) is 4.90 Å². The molecule has 2 atom stereocenters. The normalized spacial score (nSPS) is 32.1. The predicted molar refractivity (Wildman–Crippen MR) is 70.8 cm³/mol. The third-order valence-corrected chi connectivity index (χ3v) is 4.41. The first-order valence-corrected chi connectivity index (χ1v) is 7.36. The molecular weight excluding hydrogens is 212 g/mol. The molecule has 3 heteroatoms. The molecule has 3 N–H and O–H groups in total. The molecule has 1 aliphatic carbocycles. The van der Waals surface area contributed by atoms with E-state index in [0.29, 0.717) is 18.6 Å². The van der Waals surface area contributed by atoms with Gasteiger partial charge in [0.1, 0.15) is 0 Å². The van der Waals surface area contributed by atoms with Crippen LogP contribution in [-0.4, -0.2) is 42.3 Å². The average molecular weight is 240 g/mol. The lowest BCUT2D eigenvalue weighted by Crippen LogP contribution is -2.48. The summed E-state index contributed by atoms with van der Waals surface area (Å²) in [5, 5.41) is 8.91. The number of piperidine rings is 1. The largest absolute Gasteiger partial charge is 0.396 e. The van der Waals surface area contributed by atoms with E-state index in [0.717, 1.165) is 31.7 Å². The zero-order valence-corrected chi connectivity index (χ0v) is 11.0. The Morgan fingerprint density at radius 3 is 2.59 bits per heavy atom. The number of nitrogens with zero attached hydrogens (tertiary/aromatic N) is 1. The Balaban J connectivity index is 1.76. The first-order valence-electron chi connectivity index (χ1n) is 7.36. The fourth-order valence-corrected chi connectivity index (χ4v) is 3.64. The second-order valence-electron chi connectivity index (χ2n) is 6.10. The molecule has 1 aliphatic heterocycles. The molecule has 17 heavy (non-hydrogen) atoms. The van der Waals surface area contributed by atoms with Crippen LogP contribution in [-0.2, 0) is 0 Å². The van der Waals surface area contributed by atoms with Crippen molar-refractivity contribution >= 4 is 0 Å². The molecule has 0 aromatic carbocycles. The van der Waals surface area contributed by atoms with Crippen molar-refractivity contribution in [3.8, 4) is 0 Å². The lowest BCUT2D eigenvalue weighted by molar-refractivity contribution is 0.126. The maximum absolute atomic E-state index is 8.91. The summed E-state index contributed by atoms with van der Waals surface area (Å²) in [6.07, 6.45) is 8.94. The highest BCUT2D eigenvalue weighted by Gasteiger charge is 2.27. The number of hydrogen-bond acceptors (Lipinski definition) is 3. The molecule has 0 radical (unpaired) electrons. The third-order valence-electron chi connectivity index (χ3n) is 4.41. The van der Waals surface area contributed by atoms with E-state index in [1.165, 1.54) is 38.8 Å². The molecule has 2 fully saturated rings. The van der Waals surface area contributed by atoms with Crippen molar-refractivity contribution in [3.63, 3.8) is 0 Å². The van der Waals surface area contributed by atoms with Gasteiger partial charge in [-0.3, -0.25) is 0 Å². The Kier molecular flexibility index (Phi) is 5.26. The van der Waals surface area contributed by atoms with Crippen molar-refractivity contribution < 1.29 is 5.11 Å². The fraction of sp³-hybridized carbons (Fsp3) is 1.00. The van der Waals surface area contributed by atoms with Crippen LogP contribution in [0.15, 0.2) is 0 Å². The summed E-state index contributed by atoms with van der Waals surface area (Å²) < 4.78 is 0. The van der Waals surface area contributed by atoms with Crippen LogP contribution in [0.2, 0.25) is 0 Å². The van der Waals surface area contributed by atoms with Crippen molar-refractivity contribution in [2.24, 2.45) is 17.6 Å². The zero-order chi connectivity index (χ0) is 12.1. The highest BCUT2D eigenvalue weighted by atomic mass is 16.2. The monoisotopic (exact) mass is 240 g/mol. The molecule has 2 aliphatic rings. The second-order valence-corrected chi connectivity index (χ2v) is 6.10. The SMILES string of the molecule is NC1CC(CCCO)CN(CC2CCCC2)C1. The quantitative estimate of drug-likeness (QED) is 0.767. The summed E-state index contributed by atoms with van der Waals surface area (Å²) in [7, 11) is 0. The molecule has 0 amide bonds. The van der Waals surface area contributed by atoms with Crippen molar-refractivity contribution in [2.45, 2.75) is 51.0 Å². The van der Waals surface area contributed by atoms with Gasteiger partial charge in [-0.1, -0.05) is 12.8 Å². The van der Waals surface area contributed by atoms with Gasteiger partial charge in [-0.25, -0.2) is 0 Å². The van der Waals surface area contributed by atoms with E-state index in [2.05, 4.69) is 4.90 Å². The molecule has 0 bridgehead atoms. The van der Waals surface area contributed by atoms with Crippen molar-refractivity contribution in [3.05, 3.63) is 0 Å². The number of aliphatic hydroxyl groups is 1. The molecule has 100 valence electrons. The number of aliphatic hydroxyl groups excluding tert-OH is 1. The van der Waals surface area contributed by atoms with Crippen LogP contribution in [0, 0.1) is 11.8 Å². The van der Waals surface area contributed by atoms with Crippen molar-refractivity contribution in [1.29, 1.82) is 0 Å². The Morgan fingerprint density at radius 2 is 1.88 bits per heavy atom. The summed E-state index contributed by atoms with van der Waals surface area (Å²) in [6, 6.07) is 0.355. The molecular formula is C14H28N2O. The van der Waals surface area contributed by atoms with E-state index in [9.17, 15) is 0 Å². The molecule has 1 saturated heterocycles. The zero-order valence-electron chi connectivity index (χ0n) is 11.0. The van der Waals surface area contributed by atoms with Gasteiger partial charge >= 0.3 is 0 Å².